The Labute approximate surface area is 178 Å². The third kappa shape index (κ3) is 4.90. The monoisotopic (exact) mass is 412 g/mol. The van der Waals surface area contributed by atoms with Gasteiger partial charge in [-0.15, -0.1) is 0 Å². The number of hydrogen-bond acceptors (Lipinski definition) is 5. The van der Waals surface area contributed by atoms with E-state index in [-0.39, 0.29) is 17.7 Å². The second-order valence-corrected chi connectivity index (χ2v) is 8.10. The van der Waals surface area contributed by atoms with Gasteiger partial charge < -0.3 is 15.1 Å². The molecule has 0 saturated carbocycles. The zero-order valence-electron chi connectivity index (χ0n) is 18.2. The van der Waals surface area contributed by atoms with E-state index in [2.05, 4.69) is 29.1 Å². The van der Waals surface area contributed by atoms with Gasteiger partial charge in [-0.2, -0.15) is 0 Å². The molecule has 2 aliphatic rings. The van der Waals surface area contributed by atoms with Crippen molar-refractivity contribution in [2.45, 2.75) is 39.5 Å². The largest absolute Gasteiger partial charge is 0.364 e. The number of nitrogens with zero attached hydrogens (tertiary/aromatic N) is 3. The normalized spacial score (nSPS) is 17.8. The smallest absolute Gasteiger partial charge is 0.277 e. The van der Waals surface area contributed by atoms with Crippen molar-refractivity contribution in [1.82, 2.24) is 14.7 Å². The number of anilines is 1. The van der Waals surface area contributed by atoms with Crippen molar-refractivity contribution in [1.29, 1.82) is 0 Å². The van der Waals surface area contributed by atoms with Crippen LogP contribution in [0.15, 0.2) is 30.0 Å². The summed E-state index contributed by atoms with van der Waals surface area (Å²) in [5.74, 6) is -0.537. The van der Waals surface area contributed by atoms with E-state index in [1.165, 1.54) is 11.8 Å². The molecule has 0 bridgehead atoms. The molecule has 0 aromatic heterocycles. The predicted molar refractivity (Wildman–Crippen MR) is 118 cm³/mol. The van der Waals surface area contributed by atoms with Crippen LogP contribution in [-0.2, 0) is 14.4 Å². The lowest BCUT2D eigenvalue weighted by molar-refractivity contribution is -0.137. The third-order valence-electron chi connectivity index (χ3n) is 5.69. The summed E-state index contributed by atoms with van der Waals surface area (Å²) in [5, 5.41) is 2.74. The maximum absolute atomic E-state index is 13.3. The van der Waals surface area contributed by atoms with Crippen LogP contribution in [0.1, 0.15) is 45.1 Å². The number of carbonyl (C=O) groups excluding carboxylic acids is 3. The van der Waals surface area contributed by atoms with E-state index in [1.807, 2.05) is 12.1 Å². The standard InChI is InChI=1S/C23H32N4O3/c1-4-5-6-7-12-27-22(29)20(18-8-10-19(11-9-18)24-17(2)28)21(23(27)30)26-15-13-25(3)14-16-26/h8-11H,4-7,12-16H2,1-3H3,(H,24,28). The highest BCUT2D eigenvalue weighted by Crippen LogP contribution is 2.33. The summed E-state index contributed by atoms with van der Waals surface area (Å²) >= 11 is 0. The highest BCUT2D eigenvalue weighted by atomic mass is 16.2. The molecule has 30 heavy (non-hydrogen) atoms. The summed E-state index contributed by atoms with van der Waals surface area (Å²) in [4.78, 5) is 43.6. The second kappa shape index (κ2) is 9.89. The topological polar surface area (TPSA) is 73.0 Å². The van der Waals surface area contributed by atoms with Crippen LogP contribution in [0.2, 0.25) is 0 Å². The summed E-state index contributed by atoms with van der Waals surface area (Å²) < 4.78 is 0. The number of benzene rings is 1. The van der Waals surface area contributed by atoms with Crippen molar-refractivity contribution < 1.29 is 14.4 Å². The van der Waals surface area contributed by atoms with Gasteiger partial charge in [0.15, 0.2) is 0 Å². The summed E-state index contributed by atoms with van der Waals surface area (Å²) in [5.41, 5.74) is 2.39. The quantitative estimate of drug-likeness (QED) is 0.525. The molecule has 1 aromatic carbocycles. The zero-order valence-corrected chi connectivity index (χ0v) is 18.2. The van der Waals surface area contributed by atoms with Gasteiger partial charge in [-0.05, 0) is 31.2 Å². The molecule has 1 saturated heterocycles. The Morgan fingerprint density at radius 1 is 0.967 bits per heavy atom. The average Bonchev–Trinajstić information content (AvgIpc) is 2.96. The summed E-state index contributed by atoms with van der Waals surface area (Å²) in [6.07, 6.45) is 4.05. The lowest BCUT2D eigenvalue weighted by Gasteiger charge is -2.34. The first-order chi connectivity index (χ1) is 14.4. The van der Waals surface area contributed by atoms with E-state index < -0.39 is 0 Å². The second-order valence-electron chi connectivity index (χ2n) is 8.10. The van der Waals surface area contributed by atoms with Gasteiger partial charge in [-0.3, -0.25) is 19.3 Å². The molecule has 0 unspecified atom stereocenters. The van der Waals surface area contributed by atoms with Crippen LogP contribution < -0.4 is 5.32 Å². The van der Waals surface area contributed by atoms with Gasteiger partial charge in [0, 0.05) is 45.3 Å². The first kappa shape index (κ1) is 22.0. The molecule has 7 nitrogen and oxygen atoms in total. The molecule has 1 N–H and O–H groups in total. The fraction of sp³-hybridized carbons (Fsp3) is 0.522. The first-order valence-electron chi connectivity index (χ1n) is 10.8. The number of imide groups is 1. The SMILES string of the molecule is CCCCCCN1C(=O)C(c2ccc(NC(C)=O)cc2)=C(N2CCN(C)CC2)C1=O. The van der Waals surface area contributed by atoms with Crippen LogP contribution in [0, 0.1) is 0 Å². The fourth-order valence-corrected chi connectivity index (χ4v) is 3.97. The fourth-order valence-electron chi connectivity index (χ4n) is 3.97. The van der Waals surface area contributed by atoms with Gasteiger partial charge in [0.05, 0.1) is 5.57 Å². The van der Waals surface area contributed by atoms with Gasteiger partial charge in [0.25, 0.3) is 11.8 Å². The van der Waals surface area contributed by atoms with Crippen molar-refractivity contribution in [3.05, 3.63) is 35.5 Å². The van der Waals surface area contributed by atoms with Crippen LogP contribution >= 0.6 is 0 Å². The molecule has 1 aromatic rings. The molecule has 2 heterocycles. The minimum atomic E-state index is -0.210. The van der Waals surface area contributed by atoms with Gasteiger partial charge in [0.2, 0.25) is 5.91 Å². The number of amides is 3. The molecule has 0 spiro atoms. The third-order valence-corrected chi connectivity index (χ3v) is 5.69. The lowest BCUT2D eigenvalue weighted by Crippen LogP contribution is -2.46. The van der Waals surface area contributed by atoms with Crippen LogP contribution in [-0.4, -0.2) is 72.2 Å². The number of rotatable bonds is 8. The first-order valence-corrected chi connectivity index (χ1v) is 10.8. The van der Waals surface area contributed by atoms with Gasteiger partial charge >= 0.3 is 0 Å². The van der Waals surface area contributed by atoms with Crippen molar-refractivity contribution >= 4 is 29.0 Å². The summed E-state index contributed by atoms with van der Waals surface area (Å²) in [6, 6.07) is 7.16. The lowest BCUT2D eigenvalue weighted by atomic mass is 10.0. The van der Waals surface area contributed by atoms with Crippen molar-refractivity contribution in [2.75, 3.05) is 45.1 Å². The number of nitrogens with one attached hydrogen (secondary N) is 1. The zero-order chi connectivity index (χ0) is 21.7. The molecule has 0 radical (unpaired) electrons. The van der Waals surface area contributed by atoms with E-state index in [4.69, 9.17) is 0 Å². The van der Waals surface area contributed by atoms with Gasteiger partial charge in [0.1, 0.15) is 5.70 Å². The maximum Gasteiger partial charge on any atom is 0.277 e. The molecule has 7 heteroatoms. The number of unbranched alkanes of at least 4 members (excludes halogenated alkanes) is 3. The Morgan fingerprint density at radius 2 is 1.63 bits per heavy atom. The van der Waals surface area contributed by atoms with Crippen LogP contribution in [0.4, 0.5) is 5.69 Å². The Morgan fingerprint density at radius 3 is 2.23 bits per heavy atom. The number of piperazine rings is 1. The molecule has 3 amide bonds. The molecule has 2 aliphatic heterocycles. The Balaban J connectivity index is 1.89. The molecule has 3 rings (SSSR count). The van der Waals surface area contributed by atoms with E-state index in [0.717, 1.165) is 51.9 Å². The highest BCUT2D eigenvalue weighted by Gasteiger charge is 2.41. The molecular weight excluding hydrogens is 380 g/mol. The minimum absolute atomic E-state index is 0.148. The van der Waals surface area contributed by atoms with Crippen LogP contribution in [0.3, 0.4) is 0 Å². The average molecular weight is 413 g/mol. The Bertz CT molecular complexity index is 823. The Kier molecular flexibility index (Phi) is 7.26. The number of hydrogen-bond donors (Lipinski definition) is 1. The number of carbonyl (C=O) groups is 3. The highest BCUT2D eigenvalue weighted by molar-refractivity contribution is 6.35. The van der Waals surface area contributed by atoms with E-state index >= 15 is 0 Å². The van der Waals surface area contributed by atoms with E-state index in [9.17, 15) is 14.4 Å². The maximum atomic E-state index is 13.3. The van der Waals surface area contributed by atoms with Gasteiger partial charge in [-0.25, -0.2) is 0 Å². The molecular formula is C23H32N4O3. The molecule has 162 valence electrons. The molecule has 0 atom stereocenters. The van der Waals surface area contributed by atoms with Crippen molar-refractivity contribution in [2.24, 2.45) is 0 Å². The predicted octanol–water partition coefficient (Wildman–Crippen LogP) is 2.55. The Hall–Kier alpha value is -2.67. The van der Waals surface area contributed by atoms with E-state index in [0.29, 0.717) is 29.1 Å². The van der Waals surface area contributed by atoms with Gasteiger partial charge in [-0.1, -0.05) is 38.3 Å². The molecule has 0 aliphatic carbocycles. The van der Waals surface area contributed by atoms with Crippen molar-refractivity contribution in [3.63, 3.8) is 0 Å². The molecule has 1 fully saturated rings. The van der Waals surface area contributed by atoms with Crippen LogP contribution in [0.5, 0.6) is 0 Å². The summed E-state index contributed by atoms with van der Waals surface area (Å²) in [7, 11) is 2.06. The minimum Gasteiger partial charge on any atom is -0.364 e. The van der Waals surface area contributed by atoms with E-state index in [1.54, 1.807) is 12.1 Å². The summed E-state index contributed by atoms with van der Waals surface area (Å²) in [6.45, 7) is 7.22. The van der Waals surface area contributed by atoms with Crippen LogP contribution in [0.25, 0.3) is 5.57 Å². The number of likely N-dealkylation sites (N-methyl/N-ethyl adjacent to an activating group) is 1. The van der Waals surface area contributed by atoms with Crippen molar-refractivity contribution in [3.8, 4) is 0 Å².